The second kappa shape index (κ2) is 27.8. The molecule has 0 fully saturated rings. The maximum Gasteiger partial charge on any atom is 0.163 e. The Morgan fingerprint density at radius 1 is 0.306 bits per heavy atom. The second-order valence-corrected chi connectivity index (χ2v) is 17.3. The number of hydrogen-bond acceptors (Lipinski definition) is 8. The molecule has 0 saturated carbocycles. The normalized spacial score (nSPS) is 11.6. The standard InChI is InChI=1S/C54H80N2O6/c1-7-11-15-19-23-27-31-59-49-35-41-42-36-50(60-32-28-24-20-16-12-8-2)52(62-34-30-26-22-18-14-10-4)38-44(42)54-53(43(41)37-51(49)61-33-29-25-21-17-13-9-3)55-45-39-47(57-5)48(58-6)40-46(45)56-54/h35-40H,7-34H2,1-6H3. The molecular weight excluding hydrogens is 773 g/mol. The van der Waals surface area contributed by atoms with E-state index in [1.807, 2.05) is 12.1 Å². The van der Waals surface area contributed by atoms with Gasteiger partial charge in [-0.1, -0.05) is 156 Å². The lowest BCUT2D eigenvalue weighted by molar-refractivity contribution is 0.259. The van der Waals surface area contributed by atoms with Gasteiger partial charge in [0.05, 0.1) is 62.7 Å². The highest BCUT2D eigenvalue weighted by atomic mass is 16.5. The van der Waals surface area contributed by atoms with E-state index in [0.717, 1.165) is 118 Å². The number of fused-ring (bicyclic) bond motifs is 7. The zero-order valence-electron chi connectivity index (χ0n) is 39.6. The fraction of sp³-hybridized carbons (Fsp3) is 0.630. The summed E-state index contributed by atoms with van der Waals surface area (Å²) in [6.45, 7) is 11.6. The van der Waals surface area contributed by atoms with Crippen molar-refractivity contribution in [3.63, 3.8) is 0 Å². The summed E-state index contributed by atoms with van der Waals surface area (Å²) in [7, 11) is 3.31. The van der Waals surface area contributed by atoms with Crippen LogP contribution in [0.1, 0.15) is 182 Å². The van der Waals surface area contributed by atoms with Crippen LogP contribution >= 0.6 is 0 Å². The Bertz CT molecular complexity index is 1920. The van der Waals surface area contributed by atoms with Gasteiger partial charge in [0.25, 0.3) is 0 Å². The molecule has 0 unspecified atom stereocenters. The number of hydrogen-bond donors (Lipinski definition) is 0. The van der Waals surface area contributed by atoms with E-state index >= 15 is 0 Å². The molecule has 0 radical (unpaired) electrons. The van der Waals surface area contributed by atoms with Crippen molar-refractivity contribution in [1.29, 1.82) is 0 Å². The zero-order valence-corrected chi connectivity index (χ0v) is 39.6. The zero-order chi connectivity index (χ0) is 43.8. The lowest BCUT2D eigenvalue weighted by Gasteiger charge is -2.19. The van der Waals surface area contributed by atoms with Crippen molar-refractivity contribution in [1.82, 2.24) is 9.97 Å². The maximum absolute atomic E-state index is 6.68. The lowest BCUT2D eigenvalue weighted by atomic mass is 9.97. The third-order valence-electron chi connectivity index (χ3n) is 12.2. The molecule has 5 rings (SSSR count). The summed E-state index contributed by atoms with van der Waals surface area (Å²) in [4.78, 5) is 10.7. The minimum Gasteiger partial charge on any atom is -0.493 e. The van der Waals surface area contributed by atoms with Crippen molar-refractivity contribution in [2.24, 2.45) is 0 Å². The summed E-state index contributed by atoms with van der Waals surface area (Å²) in [5.41, 5.74) is 3.04. The number of rotatable bonds is 34. The minimum atomic E-state index is 0.615. The molecule has 0 saturated heterocycles. The van der Waals surface area contributed by atoms with Crippen molar-refractivity contribution < 1.29 is 28.4 Å². The van der Waals surface area contributed by atoms with Gasteiger partial charge in [-0.25, -0.2) is 9.97 Å². The lowest BCUT2D eigenvalue weighted by Crippen LogP contribution is -2.04. The minimum absolute atomic E-state index is 0.615. The first-order valence-electron chi connectivity index (χ1n) is 24.9. The van der Waals surface area contributed by atoms with Crippen LogP contribution in [0.3, 0.4) is 0 Å². The molecule has 0 atom stereocenters. The highest BCUT2D eigenvalue weighted by molar-refractivity contribution is 6.25. The Balaban J connectivity index is 1.63. The van der Waals surface area contributed by atoms with Gasteiger partial charge in [0.1, 0.15) is 0 Å². The molecule has 8 heteroatoms. The fourth-order valence-corrected chi connectivity index (χ4v) is 8.43. The van der Waals surface area contributed by atoms with Crippen LogP contribution in [0.15, 0.2) is 36.4 Å². The second-order valence-electron chi connectivity index (χ2n) is 17.3. The molecular formula is C54H80N2O6. The summed E-state index contributed by atoms with van der Waals surface area (Å²) < 4.78 is 38.1. The summed E-state index contributed by atoms with van der Waals surface area (Å²) in [6, 6.07) is 12.5. The third kappa shape index (κ3) is 14.4. The number of aromatic nitrogens is 2. The van der Waals surface area contributed by atoms with E-state index in [4.69, 9.17) is 38.4 Å². The van der Waals surface area contributed by atoms with Crippen molar-refractivity contribution in [3.05, 3.63) is 36.4 Å². The molecule has 0 spiro atoms. The smallest absolute Gasteiger partial charge is 0.163 e. The van der Waals surface area contributed by atoms with Gasteiger partial charge in [-0.15, -0.1) is 0 Å². The average molecular weight is 853 g/mol. The molecule has 1 aromatic heterocycles. The van der Waals surface area contributed by atoms with E-state index in [1.165, 1.54) is 103 Å². The van der Waals surface area contributed by atoms with Gasteiger partial charge in [-0.2, -0.15) is 0 Å². The van der Waals surface area contributed by atoms with E-state index in [2.05, 4.69) is 52.0 Å². The number of nitrogens with zero attached hydrogens (tertiary/aromatic N) is 2. The summed E-state index contributed by atoms with van der Waals surface area (Å²) in [5, 5.41) is 3.98. The van der Waals surface area contributed by atoms with Crippen LogP contribution in [0.5, 0.6) is 34.5 Å². The SMILES string of the molecule is CCCCCCCCOc1cc2c3cc(OCCCCCCCC)c(OCCCCCCCC)cc3c3nc4cc(OC)c(OC)cc4nc3c2cc1OCCCCCCCC. The first kappa shape index (κ1) is 48.8. The van der Waals surface area contributed by atoms with Crippen molar-refractivity contribution in [2.45, 2.75) is 182 Å². The monoisotopic (exact) mass is 853 g/mol. The van der Waals surface area contributed by atoms with Crippen LogP contribution in [0.25, 0.3) is 43.6 Å². The van der Waals surface area contributed by atoms with E-state index in [1.54, 1.807) is 14.2 Å². The quantitative estimate of drug-likeness (QED) is 0.0230. The van der Waals surface area contributed by atoms with Crippen LogP contribution in [-0.2, 0) is 0 Å². The van der Waals surface area contributed by atoms with Crippen molar-refractivity contribution in [3.8, 4) is 34.5 Å². The first-order valence-corrected chi connectivity index (χ1v) is 24.9. The molecule has 62 heavy (non-hydrogen) atoms. The Hall–Kier alpha value is -4.20. The molecule has 1 heterocycles. The Labute approximate surface area is 374 Å². The highest BCUT2D eigenvalue weighted by Crippen LogP contribution is 2.45. The average Bonchev–Trinajstić information content (AvgIpc) is 3.29. The third-order valence-corrected chi connectivity index (χ3v) is 12.2. The molecule has 0 bridgehead atoms. The van der Waals surface area contributed by atoms with E-state index in [9.17, 15) is 0 Å². The molecule has 0 aliphatic heterocycles. The Kier molecular flexibility index (Phi) is 21.9. The topological polar surface area (TPSA) is 81.2 Å². The van der Waals surface area contributed by atoms with Gasteiger partial charge in [-0.05, 0) is 60.7 Å². The van der Waals surface area contributed by atoms with Gasteiger partial charge >= 0.3 is 0 Å². The molecule has 0 aliphatic carbocycles. The summed E-state index contributed by atoms with van der Waals surface area (Å²) in [5.74, 6) is 4.29. The van der Waals surface area contributed by atoms with Crippen LogP contribution in [0.4, 0.5) is 0 Å². The predicted octanol–water partition coefficient (Wildman–Crippen LogP) is 16.1. The van der Waals surface area contributed by atoms with Gasteiger partial charge < -0.3 is 28.4 Å². The molecule has 8 nitrogen and oxygen atoms in total. The number of ether oxygens (including phenoxy) is 6. The molecule has 342 valence electrons. The largest absolute Gasteiger partial charge is 0.493 e. The van der Waals surface area contributed by atoms with Gasteiger partial charge in [0.15, 0.2) is 34.5 Å². The number of methoxy groups -OCH3 is 2. The Morgan fingerprint density at radius 3 is 0.839 bits per heavy atom. The van der Waals surface area contributed by atoms with Crippen LogP contribution in [-0.4, -0.2) is 50.6 Å². The van der Waals surface area contributed by atoms with Crippen LogP contribution in [0.2, 0.25) is 0 Å². The van der Waals surface area contributed by atoms with E-state index in [-0.39, 0.29) is 0 Å². The molecule has 0 aliphatic rings. The summed E-state index contributed by atoms with van der Waals surface area (Å²) in [6.07, 6.45) is 28.8. The van der Waals surface area contributed by atoms with E-state index < -0.39 is 0 Å². The maximum atomic E-state index is 6.68. The van der Waals surface area contributed by atoms with Crippen LogP contribution < -0.4 is 28.4 Å². The highest BCUT2D eigenvalue weighted by Gasteiger charge is 2.21. The van der Waals surface area contributed by atoms with Crippen LogP contribution in [0, 0.1) is 0 Å². The van der Waals surface area contributed by atoms with Gasteiger partial charge in [0.2, 0.25) is 0 Å². The van der Waals surface area contributed by atoms with Crippen molar-refractivity contribution >= 4 is 43.6 Å². The number of unbranched alkanes of at least 4 members (excludes halogenated alkanes) is 20. The van der Waals surface area contributed by atoms with Gasteiger partial charge in [-0.3, -0.25) is 0 Å². The first-order chi connectivity index (χ1) is 30.6. The fourth-order valence-electron chi connectivity index (χ4n) is 8.43. The molecule has 5 aromatic rings. The predicted molar refractivity (Wildman–Crippen MR) is 261 cm³/mol. The van der Waals surface area contributed by atoms with Gasteiger partial charge in [0, 0.05) is 22.9 Å². The molecule has 0 amide bonds. The Morgan fingerprint density at radius 2 is 0.565 bits per heavy atom. The number of benzene rings is 4. The van der Waals surface area contributed by atoms with E-state index in [0.29, 0.717) is 37.9 Å². The molecule has 4 aromatic carbocycles. The summed E-state index contributed by atoms with van der Waals surface area (Å²) >= 11 is 0. The van der Waals surface area contributed by atoms with Crippen molar-refractivity contribution in [2.75, 3.05) is 40.6 Å². The molecule has 0 N–H and O–H groups in total.